The Kier molecular flexibility index (Phi) is 4.96. The molecule has 3 rings (SSSR count). The van der Waals surface area contributed by atoms with Crippen LogP contribution in [0.3, 0.4) is 0 Å². The van der Waals surface area contributed by atoms with Crippen LogP contribution in [-0.2, 0) is 34.0 Å². The summed E-state index contributed by atoms with van der Waals surface area (Å²) in [7, 11) is -4.42. The molecule has 1 atom stereocenters. The van der Waals surface area contributed by atoms with Gasteiger partial charge < -0.3 is 5.73 Å². The van der Waals surface area contributed by atoms with Crippen molar-refractivity contribution in [2.24, 2.45) is 5.73 Å². The summed E-state index contributed by atoms with van der Waals surface area (Å²) in [6.07, 6.45) is -4.77. The number of hydrogen-bond acceptors (Lipinski definition) is 3. The fourth-order valence-corrected chi connectivity index (χ4v) is 4.84. The lowest BCUT2D eigenvalue weighted by atomic mass is 9.96. The third-order valence-electron chi connectivity index (χ3n) is 4.38. The van der Waals surface area contributed by atoms with Gasteiger partial charge in [0.05, 0.1) is 15.5 Å². The molecule has 0 aliphatic carbocycles. The van der Waals surface area contributed by atoms with Crippen molar-refractivity contribution in [2.45, 2.75) is 30.1 Å². The van der Waals surface area contributed by atoms with Gasteiger partial charge in [0.15, 0.2) is 0 Å². The molecule has 2 N–H and O–H groups in total. The fraction of sp³-hybridized carbons (Fsp3) is 0.235. The number of alkyl halides is 3. The van der Waals surface area contributed by atoms with E-state index in [0.29, 0.717) is 11.6 Å². The molecule has 0 saturated heterocycles. The van der Waals surface area contributed by atoms with Crippen LogP contribution in [-0.4, -0.2) is 24.7 Å². The Hall–Kier alpha value is -2.10. The molecule has 144 valence electrons. The normalized spacial score (nSPS) is 18.1. The van der Waals surface area contributed by atoms with E-state index in [2.05, 4.69) is 0 Å². The van der Waals surface area contributed by atoms with Crippen LogP contribution in [0.1, 0.15) is 16.7 Å². The molecule has 0 fully saturated rings. The molecule has 10 heteroatoms. The van der Waals surface area contributed by atoms with Gasteiger partial charge in [-0.05, 0) is 35.7 Å². The van der Waals surface area contributed by atoms with Gasteiger partial charge in [0.1, 0.15) is 6.04 Å². The van der Waals surface area contributed by atoms with Crippen LogP contribution in [0, 0.1) is 0 Å². The minimum atomic E-state index is -4.82. The smallest absolute Gasteiger partial charge is 0.368 e. The number of nitrogens with zero attached hydrogens (tertiary/aromatic N) is 1. The SMILES string of the molecule is NC(=O)[C@@H]1Cc2ccccc2CN1S(=O)(=O)c1ccc(Cl)c(C(F)(F)F)c1. The highest BCUT2D eigenvalue weighted by molar-refractivity contribution is 7.89. The Morgan fingerprint density at radius 3 is 2.37 bits per heavy atom. The number of amides is 1. The van der Waals surface area contributed by atoms with E-state index in [0.717, 1.165) is 22.0 Å². The molecule has 1 aliphatic heterocycles. The highest BCUT2D eigenvalue weighted by Gasteiger charge is 2.40. The second kappa shape index (κ2) is 6.81. The van der Waals surface area contributed by atoms with E-state index >= 15 is 0 Å². The first kappa shape index (κ1) is 19.7. The molecule has 0 unspecified atom stereocenters. The number of sulfonamides is 1. The van der Waals surface area contributed by atoms with Gasteiger partial charge in [-0.1, -0.05) is 35.9 Å². The van der Waals surface area contributed by atoms with E-state index in [1.165, 1.54) is 0 Å². The summed E-state index contributed by atoms with van der Waals surface area (Å²) in [5.41, 5.74) is 5.52. The number of rotatable bonds is 3. The van der Waals surface area contributed by atoms with Gasteiger partial charge in [-0.25, -0.2) is 8.42 Å². The van der Waals surface area contributed by atoms with Crippen molar-refractivity contribution in [1.29, 1.82) is 0 Å². The molecule has 1 aliphatic rings. The minimum Gasteiger partial charge on any atom is -0.368 e. The second-order valence-electron chi connectivity index (χ2n) is 6.08. The van der Waals surface area contributed by atoms with Crippen molar-refractivity contribution in [2.75, 3.05) is 0 Å². The summed E-state index contributed by atoms with van der Waals surface area (Å²) in [5, 5.41) is -0.614. The molecular weight excluding hydrogens is 405 g/mol. The lowest BCUT2D eigenvalue weighted by Gasteiger charge is -2.34. The summed E-state index contributed by atoms with van der Waals surface area (Å²) < 4.78 is 66.1. The van der Waals surface area contributed by atoms with Crippen LogP contribution in [0.15, 0.2) is 47.4 Å². The first-order chi connectivity index (χ1) is 12.5. The third-order valence-corrected chi connectivity index (χ3v) is 6.56. The van der Waals surface area contributed by atoms with Gasteiger partial charge in [0.25, 0.3) is 0 Å². The largest absolute Gasteiger partial charge is 0.417 e. The van der Waals surface area contributed by atoms with E-state index in [1.807, 2.05) is 0 Å². The first-order valence-corrected chi connectivity index (χ1v) is 9.58. The molecule has 2 aromatic rings. The number of nitrogens with two attached hydrogens (primary N) is 1. The molecule has 2 aromatic carbocycles. The molecule has 0 aromatic heterocycles. The highest BCUT2D eigenvalue weighted by atomic mass is 35.5. The molecular formula is C17H14ClF3N2O3S. The summed E-state index contributed by atoms with van der Waals surface area (Å²) in [5.74, 6) is -0.877. The zero-order chi connectivity index (χ0) is 20.0. The average molecular weight is 419 g/mol. The summed E-state index contributed by atoms with van der Waals surface area (Å²) in [4.78, 5) is 11.2. The van der Waals surface area contributed by atoms with Crippen molar-refractivity contribution in [3.8, 4) is 0 Å². The number of carbonyl (C=O) groups is 1. The van der Waals surface area contributed by atoms with Gasteiger partial charge in [-0.3, -0.25) is 4.79 Å². The van der Waals surface area contributed by atoms with Crippen molar-refractivity contribution in [1.82, 2.24) is 4.31 Å². The topological polar surface area (TPSA) is 80.5 Å². The standard InChI is InChI=1S/C17H14ClF3N2O3S/c18-14-6-5-12(8-13(14)17(19,20)21)27(25,26)23-9-11-4-2-1-3-10(11)7-15(23)16(22)24/h1-6,8,15H,7,9H2,(H2,22,24)/t15-/m0/s1. The third kappa shape index (κ3) is 3.67. The number of carbonyl (C=O) groups excluding carboxylic acids is 1. The molecule has 0 bridgehead atoms. The van der Waals surface area contributed by atoms with Crippen molar-refractivity contribution < 1.29 is 26.4 Å². The summed E-state index contributed by atoms with van der Waals surface area (Å²) >= 11 is 5.56. The van der Waals surface area contributed by atoms with E-state index < -0.39 is 43.6 Å². The Bertz CT molecular complexity index is 1010. The van der Waals surface area contributed by atoms with Gasteiger partial charge in [-0.2, -0.15) is 17.5 Å². The summed E-state index contributed by atoms with van der Waals surface area (Å²) in [6.45, 7) is -0.171. The minimum absolute atomic E-state index is 0.0461. The van der Waals surface area contributed by atoms with Crippen LogP contribution in [0.25, 0.3) is 0 Å². The van der Waals surface area contributed by atoms with Crippen LogP contribution in [0.4, 0.5) is 13.2 Å². The van der Waals surface area contributed by atoms with E-state index in [9.17, 15) is 26.4 Å². The van der Waals surface area contributed by atoms with E-state index in [4.69, 9.17) is 17.3 Å². The van der Waals surface area contributed by atoms with Crippen LogP contribution in [0.5, 0.6) is 0 Å². The predicted molar refractivity (Wildman–Crippen MR) is 92.3 cm³/mol. The quantitative estimate of drug-likeness (QED) is 0.832. The molecule has 1 amide bonds. The lowest BCUT2D eigenvalue weighted by Crippen LogP contribution is -2.51. The Morgan fingerprint density at radius 2 is 1.78 bits per heavy atom. The number of primary amides is 1. The van der Waals surface area contributed by atoms with Gasteiger partial charge in [-0.15, -0.1) is 0 Å². The zero-order valence-electron chi connectivity index (χ0n) is 13.7. The average Bonchev–Trinajstić information content (AvgIpc) is 2.59. The monoisotopic (exact) mass is 418 g/mol. The van der Waals surface area contributed by atoms with Crippen molar-refractivity contribution in [3.63, 3.8) is 0 Å². The molecule has 5 nitrogen and oxygen atoms in total. The highest BCUT2D eigenvalue weighted by Crippen LogP contribution is 2.37. The lowest BCUT2D eigenvalue weighted by molar-refractivity contribution is -0.137. The number of hydrogen-bond donors (Lipinski definition) is 1. The van der Waals surface area contributed by atoms with Gasteiger partial charge in [0.2, 0.25) is 15.9 Å². The van der Waals surface area contributed by atoms with Gasteiger partial charge in [0, 0.05) is 6.54 Å². The molecule has 0 saturated carbocycles. The van der Waals surface area contributed by atoms with Crippen LogP contribution < -0.4 is 5.73 Å². The maximum Gasteiger partial charge on any atom is 0.417 e. The first-order valence-electron chi connectivity index (χ1n) is 7.76. The molecule has 0 spiro atoms. The molecule has 27 heavy (non-hydrogen) atoms. The Balaban J connectivity index is 2.10. The van der Waals surface area contributed by atoms with Crippen LogP contribution >= 0.6 is 11.6 Å². The predicted octanol–water partition coefficient (Wildman–Crippen LogP) is 2.96. The fourth-order valence-electron chi connectivity index (χ4n) is 3.01. The maximum absolute atomic E-state index is 13.1. The number of halogens is 4. The van der Waals surface area contributed by atoms with Crippen LogP contribution in [0.2, 0.25) is 5.02 Å². The molecule has 0 radical (unpaired) electrons. The summed E-state index contributed by atoms with van der Waals surface area (Å²) in [6, 6.07) is 8.01. The van der Waals surface area contributed by atoms with Crippen molar-refractivity contribution in [3.05, 3.63) is 64.2 Å². The maximum atomic E-state index is 13.1. The Morgan fingerprint density at radius 1 is 1.15 bits per heavy atom. The second-order valence-corrected chi connectivity index (χ2v) is 8.38. The molecule has 1 heterocycles. The van der Waals surface area contributed by atoms with Gasteiger partial charge >= 0.3 is 6.18 Å². The number of benzene rings is 2. The Labute approximate surface area is 158 Å². The van der Waals surface area contributed by atoms with Crippen molar-refractivity contribution >= 4 is 27.5 Å². The van der Waals surface area contributed by atoms with E-state index in [1.54, 1.807) is 24.3 Å². The zero-order valence-corrected chi connectivity index (χ0v) is 15.3. The van der Waals surface area contributed by atoms with E-state index in [-0.39, 0.29) is 13.0 Å². The number of fused-ring (bicyclic) bond motifs is 1.